The molecule has 1 amide bonds. The molecule has 0 spiro atoms. The lowest BCUT2D eigenvalue weighted by atomic mass is 10.2. The van der Waals surface area contributed by atoms with Crippen LogP contribution in [0.2, 0.25) is 0 Å². The molecule has 3 N–H and O–H groups in total. The van der Waals surface area contributed by atoms with Crippen LogP contribution in [-0.4, -0.2) is 32.7 Å². The van der Waals surface area contributed by atoms with Crippen LogP contribution in [0, 0.1) is 0 Å². The quantitative estimate of drug-likeness (QED) is 0.667. The van der Waals surface area contributed by atoms with Gasteiger partial charge in [0.2, 0.25) is 5.91 Å². The second-order valence-electron chi connectivity index (χ2n) is 3.81. The fourth-order valence-corrected chi connectivity index (χ4v) is 1.39. The number of rotatable bonds is 8. The first-order valence-electron chi connectivity index (χ1n) is 5.93. The number of methoxy groups -OCH3 is 1. The molecule has 0 fully saturated rings. The Hall–Kier alpha value is -1.59. The summed E-state index contributed by atoms with van der Waals surface area (Å²) in [6, 6.07) is 7.74. The summed E-state index contributed by atoms with van der Waals surface area (Å²) in [6.07, 6.45) is 0.780. The molecule has 0 unspecified atom stereocenters. The van der Waals surface area contributed by atoms with Crippen molar-refractivity contribution in [1.82, 2.24) is 5.32 Å². The van der Waals surface area contributed by atoms with Crippen molar-refractivity contribution >= 4 is 5.91 Å². The van der Waals surface area contributed by atoms with Crippen LogP contribution in [-0.2, 0) is 16.1 Å². The first-order valence-corrected chi connectivity index (χ1v) is 5.93. The maximum absolute atomic E-state index is 10.8. The van der Waals surface area contributed by atoms with Crippen LogP contribution in [0.4, 0.5) is 0 Å². The molecule has 1 rings (SSSR count). The number of carbonyl (C=O) groups is 1. The standard InChI is InChI=1S/C13H20N2O3/c1-17-12-5-3-11(4-6-12)10-18-8-2-7-15-13(16)9-14/h3-6H,2,7-10,14H2,1H3,(H,15,16). The third kappa shape index (κ3) is 5.65. The summed E-state index contributed by atoms with van der Waals surface area (Å²) in [4.78, 5) is 10.8. The lowest BCUT2D eigenvalue weighted by Gasteiger charge is -2.06. The third-order valence-corrected chi connectivity index (χ3v) is 2.40. The Labute approximate surface area is 107 Å². The van der Waals surface area contributed by atoms with Crippen molar-refractivity contribution in [2.24, 2.45) is 5.73 Å². The van der Waals surface area contributed by atoms with Crippen molar-refractivity contribution in [3.8, 4) is 5.75 Å². The van der Waals surface area contributed by atoms with Gasteiger partial charge in [-0.1, -0.05) is 12.1 Å². The van der Waals surface area contributed by atoms with Gasteiger partial charge in [-0.3, -0.25) is 4.79 Å². The van der Waals surface area contributed by atoms with Crippen LogP contribution in [0.25, 0.3) is 0 Å². The number of benzene rings is 1. The number of hydrogen-bond acceptors (Lipinski definition) is 4. The van der Waals surface area contributed by atoms with Crippen LogP contribution in [0.1, 0.15) is 12.0 Å². The van der Waals surface area contributed by atoms with E-state index in [1.54, 1.807) is 7.11 Å². The molecular formula is C13H20N2O3. The SMILES string of the molecule is COc1ccc(COCCCNC(=O)CN)cc1. The largest absolute Gasteiger partial charge is 0.497 e. The van der Waals surface area contributed by atoms with Crippen LogP contribution in [0.5, 0.6) is 5.75 Å². The highest BCUT2D eigenvalue weighted by atomic mass is 16.5. The van der Waals surface area contributed by atoms with E-state index in [0.717, 1.165) is 17.7 Å². The molecule has 0 aliphatic heterocycles. The molecule has 0 atom stereocenters. The highest BCUT2D eigenvalue weighted by Gasteiger charge is 1.97. The Kier molecular flexibility index (Phi) is 6.83. The Balaban J connectivity index is 2.08. The van der Waals surface area contributed by atoms with Crippen molar-refractivity contribution in [2.75, 3.05) is 26.8 Å². The maximum atomic E-state index is 10.8. The normalized spacial score (nSPS) is 10.1. The summed E-state index contributed by atoms with van der Waals surface area (Å²) < 4.78 is 10.6. The molecule has 0 radical (unpaired) electrons. The number of amides is 1. The van der Waals surface area contributed by atoms with E-state index in [4.69, 9.17) is 15.2 Å². The molecule has 5 nitrogen and oxygen atoms in total. The molecule has 100 valence electrons. The van der Waals surface area contributed by atoms with E-state index < -0.39 is 0 Å². The Morgan fingerprint density at radius 2 is 2.06 bits per heavy atom. The molecule has 1 aromatic rings. The summed E-state index contributed by atoms with van der Waals surface area (Å²) >= 11 is 0. The molecule has 0 saturated carbocycles. The van der Waals surface area contributed by atoms with Gasteiger partial charge in [0.05, 0.1) is 20.3 Å². The second-order valence-corrected chi connectivity index (χ2v) is 3.81. The average molecular weight is 252 g/mol. The van der Waals surface area contributed by atoms with Gasteiger partial charge in [0.15, 0.2) is 0 Å². The average Bonchev–Trinajstić information content (AvgIpc) is 2.43. The molecule has 0 bridgehead atoms. The lowest BCUT2D eigenvalue weighted by Crippen LogP contribution is -2.31. The third-order valence-electron chi connectivity index (χ3n) is 2.40. The van der Waals surface area contributed by atoms with Crippen LogP contribution < -0.4 is 15.8 Å². The maximum Gasteiger partial charge on any atom is 0.233 e. The minimum absolute atomic E-state index is 0.0344. The Morgan fingerprint density at radius 1 is 1.33 bits per heavy atom. The van der Waals surface area contributed by atoms with Gasteiger partial charge in [0.1, 0.15) is 5.75 Å². The summed E-state index contributed by atoms with van der Waals surface area (Å²) in [5.41, 5.74) is 6.26. The molecule has 5 heteroatoms. The van der Waals surface area contributed by atoms with Gasteiger partial charge >= 0.3 is 0 Å². The Morgan fingerprint density at radius 3 is 2.67 bits per heavy atom. The fraction of sp³-hybridized carbons (Fsp3) is 0.462. The fourth-order valence-electron chi connectivity index (χ4n) is 1.39. The number of carbonyl (C=O) groups excluding carboxylic acids is 1. The van der Waals surface area contributed by atoms with E-state index in [-0.39, 0.29) is 12.5 Å². The van der Waals surface area contributed by atoms with E-state index >= 15 is 0 Å². The van der Waals surface area contributed by atoms with Crippen molar-refractivity contribution in [3.05, 3.63) is 29.8 Å². The van der Waals surface area contributed by atoms with Gasteiger partial charge in [0.25, 0.3) is 0 Å². The van der Waals surface area contributed by atoms with Crippen LogP contribution in [0.3, 0.4) is 0 Å². The smallest absolute Gasteiger partial charge is 0.233 e. The zero-order valence-electron chi connectivity index (χ0n) is 10.6. The summed E-state index contributed by atoms with van der Waals surface area (Å²) in [5, 5.41) is 2.69. The molecule has 18 heavy (non-hydrogen) atoms. The van der Waals surface area contributed by atoms with Crippen LogP contribution in [0.15, 0.2) is 24.3 Å². The van der Waals surface area contributed by atoms with Gasteiger partial charge in [-0.05, 0) is 24.1 Å². The minimum atomic E-state index is -0.134. The van der Waals surface area contributed by atoms with E-state index in [9.17, 15) is 4.79 Å². The zero-order valence-corrected chi connectivity index (χ0v) is 10.6. The van der Waals surface area contributed by atoms with E-state index in [1.807, 2.05) is 24.3 Å². The van der Waals surface area contributed by atoms with E-state index in [1.165, 1.54) is 0 Å². The van der Waals surface area contributed by atoms with Gasteiger partial charge in [0, 0.05) is 13.2 Å². The van der Waals surface area contributed by atoms with Gasteiger partial charge in [-0.15, -0.1) is 0 Å². The molecular weight excluding hydrogens is 232 g/mol. The van der Waals surface area contributed by atoms with Crippen molar-refractivity contribution < 1.29 is 14.3 Å². The molecule has 1 aromatic carbocycles. The predicted molar refractivity (Wildman–Crippen MR) is 69.3 cm³/mol. The monoisotopic (exact) mass is 252 g/mol. The first-order chi connectivity index (χ1) is 8.76. The highest BCUT2D eigenvalue weighted by molar-refractivity contribution is 5.77. The lowest BCUT2D eigenvalue weighted by molar-refractivity contribution is -0.119. The Bertz CT molecular complexity index is 352. The first kappa shape index (κ1) is 14.5. The van der Waals surface area contributed by atoms with Gasteiger partial charge in [-0.25, -0.2) is 0 Å². The molecule has 0 heterocycles. The highest BCUT2D eigenvalue weighted by Crippen LogP contribution is 2.11. The molecule has 0 aromatic heterocycles. The van der Waals surface area contributed by atoms with E-state index in [2.05, 4.69) is 5.32 Å². The summed E-state index contributed by atoms with van der Waals surface area (Å²) in [5.74, 6) is 0.702. The van der Waals surface area contributed by atoms with Gasteiger partial charge in [-0.2, -0.15) is 0 Å². The van der Waals surface area contributed by atoms with E-state index in [0.29, 0.717) is 19.8 Å². The number of hydrogen-bond donors (Lipinski definition) is 2. The number of nitrogens with two attached hydrogens (primary N) is 1. The molecule has 0 saturated heterocycles. The number of nitrogens with one attached hydrogen (secondary N) is 1. The van der Waals surface area contributed by atoms with Crippen molar-refractivity contribution in [1.29, 1.82) is 0 Å². The van der Waals surface area contributed by atoms with Gasteiger partial charge < -0.3 is 20.5 Å². The molecule has 0 aliphatic carbocycles. The summed E-state index contributed by atoms with van der Waals surface area (Å²) in [7, 11) is 1.64. The summed E-state index contributed by atoms with van der Waals surface area (Å²) in [6.45, 7) is 1.80. The van der Waals surface area contributed by atoms with Crippen molar-refractivity contribution in [3.63, 3.8) is 0 Å². The molecule has 0 aliphatic rings. The number of ether oxygens (including phenoxy) is 2. The minimum Gasteiger partial charge on any atom is -0.497 e. The van der Waals surface area contributed by atoms with Crippen molar-refractivity contribution in [2.45, 2.75) is 13.0 Å². The van der Waals surface area contributed by atoms with Crippen LogP contribution >= 0.6 is 0 Å². The predicted octanol–water partition coefficient (Wildman–Crippen LogP) is 0.677. The topological polar surface area (TPSA) is 73.6 Å². The second kappa shape index (κ2) is 8.49. The zero-order chi connectivity index (χ0) is 13.2.